The number of hydrogen-bond donors (Lipinski definition) is 1. The molecule has 0 aliphatic carbocycles. The highest BCUT2D eigenvalue weighted by Crippen LogP contribution is 2.10. The number of anilines is 1. The van der Waals surface area contributed by atoms with Crippen LogP contribution >= 0.6 is 23.2 Å². The van der Waals surface area contributed by atoms with Crippen LogP contribution in [0.15, 0.2) is 30.5 Å². The first-order valence-corrected chi connectivity index (χ1v) is 5.33. The summed E-state index contributed by atoms with van der Waals surface area (Å²) in [5, 5.41) is 10.5. The summed E-state index contributed by atoms with van der Waals surface area (Å²) in [5.74, 6) is -0.120. The summed E-state index contributed by atoms with van der Waals surface area (Å²) < 4.78 is 0. The van der Waals surface area contributed by atoms with Crippen LogP contribution in [0.3, 0.4) is 0 Å². The van der Waals surface area contributed by atoms with Crippen molar-refractivity contribution in [3.63, 3.8) is 0 Å². The smallest absolute Gasteiger partial charge is 0.275 e. The second-order valence-electron chi connectivity index (χ2n) is 3.05. The number of amides is 1. The number of carbonyl (C=O) groups is 1. The molecule has 2 aromatic rings. The Morgan fingerprint density at radius 1 is 1.18 bits per heavy atom. The Labute approximate surface area is 107 Å². The summed E-state index contributed by atoms with van der Waals surface area (Å²) in [7, 11) is 0. The SMILES string of the molecule is O=C(Nc1ccc(Cl)nn1)c1cc(Cl)ccn1. The third-order valence-corrected chi connectivity index (χ3v) is 2.26. The third kappa shape index (κ3) is 3.12. The van der Waals surface area contributed by atoms with Crippen LogP contribution in [0.4, 0.5) is 5.82 Å². The highest BCUT2D eigenvalue weighted by Gasteiger charge is 2.08. The largest absolute Gasteiger partial charge is 0.304 e. The van der Waals surface area contributed by atoms with E-state index in [1.807, 2.05) is 0 Å². The molecule has 17 heavy (non-hydrogen) atoms. The van der Waals surface area contributed by atoms with E-state index in [1.54, 1.807) is 6.07 Å². The zero-order valence-electron chi connectivity index (χ0n) is 8.39. The van der Waals surface area contributed by atoms with Crippen molar-refractivity contribution < 1.29 is 4.79 Å². The van der Waals surface area contributed by atoms with Crippen molar-refractivity contribution in [2.75, 3.05) is 5.32 Å². The van der Waals surface area contributed by atoms with E-state index in [1.165, 1.54) is 24.4 Å². The average molecular weight is 269 g/mol. The van der Waals surface area contributed by atoms with Gasteiger partial charge in [0.2, 0.25) is 0 Å². The molecule has 0 radical (unpaired) electrons. The maximum atomic E-state index is 11.7. The highest BCUT2D eigenvalue weighted by molar-refractivity contribution is 6.31. The monoisotopic (exact) mass is 268 g/mol. The topological polar surface area (TPSA) is 67.8 Å². The fourth-order valence-corrected chi connectivity index (χ4v) is 1.35. The van der Waals surface area contributed by atoms with E-state index in [-0.39, 0.29) is 10.8 Å². The molecular formula is C10H6Cl2N4O. The van der Waals surface area contributed by atoms with Crippen LogP contribution < -0.4 is 5.32 Å². The maximum Gasteiger partial charge on any atom is 0.275 e. The molecule has 2 heterocycles. The maximum absolute atomic E-state index is 11.7. The van der Waals surface area contributed by atoms with Gasteiger partial charge in [-0.15, -0.1) is 10.2 Å². The predicted molar refractivity (Wildman–Crippen MR) is 64.2 cm³/mol. The molecule has 0 bridgehead atoms. The number of nitrogens with zero attached hydrogens (tertiary/aromatic N) is 3. The summed E-state index contributed by atoms with van der Waals surface area (Å²) in [6, 6.07) is 6.11. The Morgan fingerprint density at radius 3 is 2.65 bits per heavy atom. The van der Waals surface area contributed by atoms with Crippen molar-refractivity contribution in [1.29, 1.82) is 0 Å². The number of pyridine rings is 1. The van der Waals surface area contributed by atoms with Crippen molar-refractivity contribution in [3.8, 4) is 0 Å². The normalized spacial score (nSPS) is 10.0. The zero-order chi connectivity index (χ0) is 12.3. The van der Waals surface area contributed by atoms with Gasteiger partial charge in [-0.1, -0.05) is 23.2 Å². The number of nitrogens with one attached hydrogen (secondary N) is 1. The Bertz CT molecular complexity index is 544. The van der Waals surface area contributed by atoms with Gasteiger partial charge >= 0.3 is 0 Å². The lowest BCUT2D eigenvalue weighted by atomic mass is 10.3. The molecule has 1 N–H and O–H groups in total. The molecule has 0 atom stereocenters. The van der Waals surface area contributed by atoms with Gasteiger partial charge in [0, 0.05) is 11.2 Å². The molecule has 0 aromatic carbocycles. The van der Waals surface area contributed by atoms with Gasteiger partial charge in [0.15, 0.2) is 11.0 Å². The summed E-state index contributed by atoms with van der Waals surface area (Å²) in [6.07, 6.45) is 1.45. The molecule has 1 amide bonds. The van der Waals surface area contributed by atoms with E-state index in [4.69, 9.17) is 23.2 Å². The Kier molecular flexibility index (Phi) is 3.51. The Balaban J connectivity index is 2.14. The molecule has 0 fully saturated rings. The third-order valence-electron chi connectivity index (χ3n) is 1.83. The minimum Gasteiger partial charge on any atom is -0.304 e. The molecule has 0 saturated heterocycles. The summed E-state index contributed by atoms with van der Waals surface area (Å²) in [4.78, 5) is 15.6. The molecule has 0 aliphatic heterocycles. The van der Waals surface area contributed by atoms with Crippen LogP contribution in [-0.2, 0) is 0 Å². The number of halogens is 2. The standard InChI is InChI=1S/C10H6Cl2N4O/c11-6-3-4-13-7(5-6)10(17)14-9-2-1-8(12)15-16-9/h1-5H,(H,14,16,17). The first-order chi connectivity index (χ1) is 8.15. The van der Waals surface area contributed by atoms with Gasteiger partial charge in [-0.25, -0.2) is 0 Å². The lowest BCUT2D eigenvalue weighted by Crippen LogP contribution is -2.14. The Morgan fingerprint density at radius 2 is 2.00 bits per heavy atom. The predicted octanol–water partition coefficient (Wildman–Crippen LogP) is 2.43. The summed E-state index contributed by atoms with van der Waals surface area (Å²) >= 11 is 11.3. The van der Waals surface area contributed by atoms with E-state index >= 15 is 0 Å². The van der Waals surface area contributed by atoms with Crippen LogP contribution in [-0.4, -0.2) is 21.1 Å². The van der Waals surface area contributed by atoms with Crippen molar-refractivity contribution in [3.05, 3.63) is 46.3 Å². The molecule has 5 nitrogen and oxygen atoms in total. The van der Waals surface area contributed by atoms with E-state index in [0.717, 1.165) is 0 Å². The van der Waals surface area contributed by atoms with E-state index in [9.17, 15) is 4.79 Å². The lowest BCUT2D eigenvalue weighted by molar-refractivity contribution is 0.102. The molecule has 7 heteroatoms. The molecule has 0 unspecified atom stereocenters. The first kappa shape index (κ1) is 11.8. The minimum absolute atomic E-state index is 0.203. The van der Waals surface area contributed by atoms with Crippen LogP contribution in [0, 0.1) is 0 Å². The number of hydrogen-bond acceptors (Lipinski definition) is 4. The van der Waals surface area contributed by atoms with Gasteiger partial charge < -0.3 is 5.32 Å². The second-order valence-corrected chi connectivity index (χ2v) is 3.88. The molecule has 86 valence electrons. The van der Waals surface area contributed by atoms with Crippen LogP contribution in [0.25, 0.3) is 0 Å². The molecule has 2 aromatic heterocycles. The highest BCUT2D eigenvalue weighted by atomic mass is 35.5. The fourth-order valence-electron chi connectivity index (χ4n) is 1.09. The van der Waals surface area contributed by atoms with Crippen LogP contribution in [0.2, 0.25) is 10.2 Å². The van der Waals surface area contributed by atoms with Crippen LogP contribution in [0.1, 0.15) is 10.5 Å². The van der Waals surface area contributed by atoms with Crippen molar-refractivity contribution in [2.45, 2.75) is 0 Å². The summed E-state index contributed by atoms with van der Waals surface area (Å²) in [5.41, 5.74) is 0.203. The van der Waals surface area contributed by atoms with E-state index in [2.05, 4.69) is 20.5 Å². The molecule has 2 rings (SSSR count). The lowest BCUT2D eigenvalue weighted by Gasteiger charge is -2.02. The molecule has 0 aliphatic rings. The zero-order valence-corrected chi connectivity index (χ0v) is 9.90. The van der Waals surface area contributed by atoms with E-state index < -0.39 is 5.91 Å². The molecule has 0 spiro atoms. The van der Waals surface area contributed by atoms with Crippen molar-refractivity contribution in [2.24, 2.45) is 0 Å². The van der Waals surface area contributed by atoms with Gasteiger partial charge in [0.1, 0.15) is 5.69 Å². The fraction of sp³-hybridized carbons (Fsp3) is 0. The van der Waals surface area contributed by atoms with Gasteiger partial charge in [-0.3, -0.25) is 9.78 Å². The van der Waals surface area contributed by atoms with E-state index in [0.29, 0.717) is 10.8 Å². The minimum atomic E-state index is -0.413. The van der Waals surface area contributed by atoms with Gasteiger partial charge in [-0.05, 0) is 24.3 Å². The quantitative estimate of drug-likeness (QED) is 0.909. The summed E-state index contributed by atoms with van der Waals surface area (Å²) in [6.45, 7) is 0. The number of rotatable bonds is 2. The van der Waals surface area contributed by atoms with Crippen LogP contribution in [0.5, 0.6) is 0 Å². The number of aromatic nitrogens is 3. The Hall–Kier alpha value is -1.72. The molecular weight excluding hydrogens is 263 g/mol. The van der Waals surface area contributed by atoms with Gasteiger partial charge in [0.25, 0.3) is 5.91 Å². The number of carbonyl (C=O) groups excluding carboxylic acids is 1. The van der Waals surface area contributed by atoms with Gasteiger partial charge in [-0.2, -0.15) is 0 Å². The van der Waals surface area contributed by atoms with Gasteiger partial charge in [0.05, 0.1) is 0 Å². The van der Waals surface area contributed by atoms with Crippen molar-refractivity contribution >= 4 is 34.9 Å². The second kappa shape index (κ2) is 5.07. The molecule has 0 saturated carbocycles. The average Bonchev–Trinajstić information content (AvgIpc) is 2.32. The van der Waals surface area contributed by atoms with Crippen molar-refractivity contribution in [1.82, 2.24) is 15.2 Å². The first-order valence-electron chi connectivity index (χ1n) is 4.57.